The Balaban J connectivity index is 1.53. The first-order valence-corrected chi connectivity index (χ1v) is 17.8. The summed E-state index contributed by atoms with van der Waals surface area (Å²) in [6, 6.07) is 14.8. The van der Waals surface area contributed by atoms with Gasteiger partial charge in [0, 0.05) is 23.4 Å². The van der Waals surface area contributed by atoms with Gasteiger partial charge in [0.1, 0.15) is 30.0 Å². The third-order valence-corrected chi connectivity index (χ3v) is 9.34. The molecule has 1 aromatic heterocycles. The number of benzene rings is 2. The van der Waals surface area contributed by atoms with Crippen molar-refractivity contribution in [3.05, 3.63) is 72.8 Å². The first-order chi connectivity index (χ1) is 24.3. The van der Waals surface area contributed by atoms with Crippen LogP contribution in [0.4, 0.5) is 4.79 Å². The molecule has 4 bridgehead atoms. The minimum absolute atomic E-state index is 0.0157. The summed E-state index contributed by atoms with van der Waals surface area (Å²) in [6.45, 7) is 5.91. The summed E-state index contributed by atoms with van der Waals surface area (Å²) in [5.74, 6) is -1.68. The molecule has 0 radical (unpaired) electrons. The van der Waals surface area contributed by atoms with Crippen molar-refractivity contribution in [1.29, 1.82) is 0 Å². The molecule has 3 heterocycles. The number of nitrogens with zero attached hydrogens (tertiary/aromatic N) is 2. The zero-order valence-electron chi connectivity index (χ0n) is 28.8. The lowest BCUT2D eigenvalue weighted by Gasteiger charge is -2.29. The van der Waals surface area contributed by atoms with Crippen LogP contribution in [0.2, 0.25) is 0 Å². The number of carboxylic acids is 1. The molecule has 3 amide bonds. The molecular formula is C39H48N4O7. The Kier molecular flexibility index (Phi) is 12.8. The van der Waals surface area contributed by atoms with E-state index in [9.17, 15) is 24.3 Å². The van der Waals surface area contributed by atoms with Gasteiger partial charge in [0.05, 0.1) is 24.4 Å². The molecule has 2 aliphatic heterocycles. The summed E-state index contributed by atoms with van der Waals surface area (Å²) < 4.78 is 12.2. The van der Waals surface area contributed by atoms with Gasteiger partial charge < -0.3 is 30.1 Å². The predicted octanol–water partition coefficient (Wildman–Crippen LogP) is 6.19. The van der Waals surface area contributed by atoms with E-state index >= 15 is 0 Å². The van der Waals surface area contributed by atoms with Gasteiger partial charge in [-0.3, -0.25) is 9.59 Å². The lowest BCUT2D eigenvalue weighted by molar-refractivity contribution is -0.144. The Bertz CT molecular complexity index is 1660. The minimum atomic E-state index is -1.21. The van der Waals surface area contributed by atoms with Gasteiger partial charge in [-0.25, -0.2) is 14.6 Å². The number of ether oxygens (including phenoxy) is 2. The number of unbranched alkanes of at least 4 members (excludes halogenated alkanes) is 1. The van der Waals surface area contributed by atoms with E-state index in [-0.39, 0.29) is 26.0 Å². The number of hydrogen-bond acceptors (Lipinski definition) is 7. The number of amides is 3. The van der Waals surface area contributed by atoms with Gasteiger partial charge in [-0.05, 0) is 49.8 Å². The van der Waals surface area contributed by atoms with Crippen molar-refractivity contribution < 1.29 is 33.8 Å². The number of aryl methyl sites for hydroxylation is 1. The van der Waals surface area contributed by atoms with Crippen molar-refractivity contribution in [3.8, 4) is 17.0 Å². The van der Waals surface area contributed by atoms with Crippen molar-refractivity contribution in [1.82, 2.24) is 20.5 Å². The van der Waals surface area contributed by atoms with Crippen LogP contribution in [0.5, 0.6) is 5.75 Å². The molecule has 11 nitrogen and oxygen atoms in total. The van der Waals surface area contributed by atoms with Crippen LogP contribution in [-0.2, 0) is 25.5 Å². The topological polar surface area (TPSA) is 147 Å². The Morgan fingerprint density at radius 1 is 1.10 bits per heavy atom. The summed E-state index contributed by atoms with van der Waals surface area (Å²) in [6.07, 6.45) is 7.68. The lowest BCUT2D eigenvalue weighted by Crippen LogP contribution is -2.55. The molecule has 0 aliphatic carbocycles. The highest BCUT2D eigenvalue weighted by Gasteiger charge is 2.44. The fourth-order valence-corrected chi connectivity index (χ4v) is 6.64. The van der Waals surface area contributed by atoms with E-state index in [1.165, 1.54) is 11.0 Å². The van der Waals surface area contributed by atoms with Crippen molar-refractivity contribution in [3.63, 3.8) is 0 Å². The average Bonchev–Trinajstić information content (AvgIpc) is 3.54. The molecule has 1 saturated heterocycles. The molecule has 3 N–H and O–H groups in total. The second-order valence-electron chi connectivity index (χ2n) is 13.1. The highest BCUT2D eigenvalue weighted by molar-refractivity contribution is 5.94. The van der Waals surface area contributed by atoms with Crippen molar-refractivity contribution in [2.24, 2.45) is 0 Å². The molecular weight excluding hydrogens is 636 g/mol. The largest absolute Gasteiger partial charge is 0.488 e. The molecule has 0 saturated carbocycles. The minimum Gasteiger partial charge on any atom is -0.488 e. The number of aromatic nitrogens is 1. The summed E-state index contributed by atoms with van der Waals surface area (Å²) in [7, 11) is 0. The predicted molar refractivity (Wildman–Crippen MR) is 191 cm³/mol. The van der Waals surface area contributed by atoms with Crippen molar-refractivity contribution >= 4 is 34.8 Å². The van der Waals surface area contributed by atoms with Crippen LogP contribution < -0.4 is 15.4 Å². The SMILES string of the molecule is C=CCC(NC(=O)C1C[C@@H]2CN1C(=O)[C@H](CCCC)NC(=O)OCCCCCCCc1ccc3nc(-c4ccccc4)cc(c3c1)O2)C(=O)O. The number of nitrogens with one attached hydrogen (secondary N) is 2. The highest BCUT2D eigenvalue weighted by Crippen LogP contribution is 2.34. The molecule has 2 unspecified atom stereocenters. The van der Waals surface area contributed by atoms with Gasteiger partial charge in [0.2, 0.25) is 11.8 Å². The van der Waals surface area contributed by atoms with E-state index in [4.69, 9.17) is 14.5 Å². The van der Waals surface area contributed by atoms with E-state index in [0.29, 0.717) is 18.6 Å². The summed E-state index contributed by atoms with van der Waals surface area (Å²) in [5.41, 5.74) is 3.58. The second-order valence-corrected chi connectivity index (χ2v) is 13.1. The number of carbonyl (C=O) groups excluding carboxylic acids is 3. The quantitative estimate of drug-likeness (QED) is 0.226. The van der Waals surface area contributed by atoms with E-state index in [1.807, 2.05) is 49.4 Å². The normalized spacial score (nSPS) is 21.1. The molecule has 0 spiro atoms. The molecule has 3 aromatic rings. The van der Waals surface area contributed by atoms with Gasteiger partial charge in [0.25, 0.3) is 0 Å². The van der Waals surface area contributed by atoms with Gasteiger partial charge in [-0.2, -0.15) is 0 Å². The number of cyclic esters (lactones) is 1. The van der Waals surface area contributed by atoms with Crippen LogP contribution in [0.1, 0.15) is 76.7 Å². The number of carbonyl (C=O) groups is 4. The number of rotatable bonds is 9. The number of carboxylic acid groups (broad SMARTS) is 1. The van der Waals surface area contributed by atoms with Gasteiger partial charge in [-0.1, -0.05) is 81.5 Å². The smallest absolute Gasteiger partial charge is 0.407 e. The number of fused-ring (bicyclic) bond motifs is 3. The Hall–Kier alpha value is -4.93. The van der Waals surface area contributed by atoms with Gasteiger partial charge in [0.15, 0.2) is 0 Å². The van der Waals surface area contributed by atoms with E-state index in [0.717, 1.165) is 72.7 Å². The number of pyridine rings is 1. The summed E-state index contributed by atoms with van der Waals surface area (Å²) in [5, 5.41) is 15.9. The van der Waals surface area contributed by atoms with E-state index in [2.05, 4.69) is 29.3 Å². The third-order valence-electron chi connectivity index (χ3n) is 9.34. The third kappa shape index (κ3) is 9.40. The highest BCUT2D eigenvalue weighted by atomic mass is 16.5. The fraction of sp³-hybridized carbons (Fsp3) is 0.462. The first kappa shape index (κ1) is 36.4. The molecule has 2 aliphatic rings. The fourth-order valence-electron chi connectivity index (χ4n) is 6.64. The second kappa shape index (κ2) is 17.6. The molecule has 11 heteroatoms. The maximum Gasteiger partial charge on any atom is 0.407 e. The molecule has 5 rings (SSSR count). The van der Waals surface area contributed by atoms with Crippen molar-refractivity contribution in [2.75, 3.05) is 13.2 Å². The van der Waals surface area contributed by atoms with Crippen molar-refractivity contribution in [2.45, 2.75) is 102 Å². The molecule has 266 valence electrons. The maximum absolute atomic E-state index is 14.2. The first-order valence-electron chi connectivity index (χ1n) is 17.8. The Morgan fingerprint density at radius 2 is 1.88 bits per heavy atom. The van der Waals surface area contributed by atoms with Crippen LogP contribution >= 0.6 is 0 Å². The summed E-state index contributed by atoms with van der Waals surface area (Å²) >= 11 is 0. The Morgan fingerprint density at radius 3 is 2.64 bits per heavy atom. The zero-order chi connectivity index (χ0) is 35.5. The van der Waals surface area contributed by atoms with Crippen LogP contribution in [0, 0.1) is 0 Å². The number of aliphatic carboxylic acids is 1. The summed E-state index contributed by atoms with van der Waals surface area (Å²) in [4.78, 5) is 59.2. The molecule has 2 aromatic carbocycles. The number of hydrogen-bond donors (Lipinski definition) is 3. The molecule has 4 atom stereocenters. The monoisotopic (exact) mass is 684 g/mol. The van der Waals surface area contributed by atoms with Crippen LogP contribution in [0.15, 0.2) is 67.3 Å². The lowest BCUT2D eigenvalue weighted by atomic mass is 10.0. The van der Waals surface area contributed by atoms with Crippen LogP contribution in [-0.4, -0.2) is 76.2 Å². The molecule has 1 fully saturated rings. The van der Waals surface area contributed by atoms with Crippen LogP contribution in [0.25, 0.3) is 22.2 Å². The molecule has 50 heavy (non-hydrogen) atoms. The Labute approximate surface area is 293 Å². The maximum atomic E-state index is 14.2. The van der Waals surface area contributed by atoms with Gasteiger partial charge >= 0.3 is 12.1 Å². The standard InChI is InChI=1S/C39H48N4O7/c1-3-5-18-31-37(45)43-25-28(23-34(43)36(44)41-32(14-4-2)38(46)47)50-35-24-33(27-16-11-9-12-17-27)40-30-20-19-26(22-29(30)35)15-10-7-6-8-13-21-49-39(48)42-31/h4,9,11-12,16-17,19-20,22,24,28,31-32,34H,2-3,5-8,10,13-15,18,21,23,25H2,1H3,(H,41,44)(H,42,48)(H,46,47)/t28-,31+,32?,34?/m1/s1. The average molecular weight is 685 g/mol. The van der Waals surface area contributed by atoms with E-state index < -0.39 is 48.1 Å². The van der Waals surface area contributed by atoms with Crippen LogP contribution in [0.3, 0.4) is 0 Å². The van der Waals surface area contributed by atoms with E-state index in [1.54, 1.807) is 0 Å². The number of alkyl carbamates (subject to hydrolysis) is 1. The zero-order valence-corrected chi connectivity index (χ0v) is 28.8. The van der Waals surface area contributed by atoms with Gasteiger partial charge in [-0.15, -0.1) is 6.58 Å².